The minimum Gasteiger partial charge on any atom is -0.379 e. The maximum atomic E-state index is 5.30. The first-order valence-electron chi connectivity index (χ1n) is 5.05. The lowest BCUT2D eigenvalue weighted by Crippen LogP contribution is -2.35. The van der Waals surface area contributed by atoms with Gasteiger partial charge in [0.1, 0.15) is 0 Å². The maximum absolute atomic E-state index is 5.30. The molecule has 0 unspecified atom stereocenters. The lowest BCUT2D eigenvalue weighted by Gasteiger charge is -2.26. The molecule has 1 aliphatic rings. The van der Waals surface area contributed by atoms with Crippen LogP contribution in [0.1, 0.15) is 11.1 Å². The number of ether oxygens (including phenoxy) is 1. The Labute approximate surface area is 85.5 Å². The molecule has 14 heavy (non-hydrogen) atoms. The lowest BCUT2D eigenvalue weighted by atomic mass is 10.1. The second kappa shape index (κ2) is 4.58. The van der Waals surface area contributed by atoms with Crippen LogP contribution in [0.3, 0.4) is 0 Å². The Morgan fingerprint density at radius 1 is 1.14 bits per heavy atom. The summed E-state index contributed by atoms with van der Waals surface area (Å²) in [7, 11) is 0. The molecule has 1 aliphatic heterocycles. The number of rotatable bonds is 2. The Hall–Kier alpha value is -0.860. The van der Waals surface area contributed by atoms with E-state index >= 15 is 0 Å². The largest absolute Gasteiger partial charge is 0.379 e. The van der Waals surface area contributed by atoms with Crippen LogP contribution in [-0.2, 0) is 11.3 Å². The molecular weight excluding hydrogens is 174 g/mol. The molecule has 0 aromatic heterocycles. The van der Waals surface area contributed by atoms with E-state index in [1.165, 1.54) is 5.56 Å². The number of hydrogen-bond donors (Lipinski definition) is 0. The summed E-state index contributed by atoms with van der Waals surface area (Å²) in [5, 5.41) is 0. The molecule has 75 valence electrons. The lowest BCUT2D eigenvalue weighted by molar-refractivity contribution is 0.0342. The molecule has 0 atom stereocenters. The van der Waals surface area contributed by atoms with Gasteiger partial charge in [0.25, 0.3) is 0 Å². The van der Waals surface area contributed by atoms with E-state index in [9.17, 15) is 0 Å². The molecule has 1 aromatic carbocycles. The van der Waals surface area contributed by atoms with Crippen molar-refractivity contribution < 1.29 is 4.74 Å². The van der Waals surface area contributed by atoms with E-state index in [1.807, 2.05) is 0 Å². The molecule has 2 nitrogen and oxygen atoms in total. The molecule has 0 saturated carbocycles. The first kappa shape index (κ1) is 9.69. The van der Waals surface area contributed by atoms with Crippen LogP contribution in [0, 0.1) is 6.92 Å². The van der Waals surface area contributed by atoms with Crippen LogP contribution in [0.2, 0.25) is 0 Å². The van der Waals surface area contributed by atoms with Gasteiger partial charge < -0.3 is 4.74 Å². The first-order chi connectivity index (χ1) is 6.84. The summed E-state index contributed by atoms with van der Waals surface area (Å²) >= 11 is 0. The molecule has 0 spiro atoms. The van der Waals surface area contributed by atoms with Crippen LogP contribution < -0.4 is 0 Å². The van der Waals surface area contributed by atoms with E-state index < -0.39 is 0 Å². The summed E-state index contributed by atoms with van der Waals surface area (Å²) in [6.07, 6.45) is 0. The molecule has 2 heteroatoms. The minimum absolute atomic E-state index is 0.868. The fourth-order valence-electron chi connectivity index (χ4n) is 1.66. The Balaban J connectivity index is 1.92. The Bertz CT molecular complexity index is 275. The van der Waals surface area contributed by atoms with Crippen LogP contribution >= 0.6 is 0 Å². The SMILES string of the molecule is [CH2]c1ccc(CN2CCOCC2)cc1. The third kappa shape index (κ3) is 2.56. The molecule has 1 saturated heterocycles. The van der Waals surface area contributed by atoms with E-state index in [4.69, 9.17) is 4.74 Å². The van der Waals surface area contributed by atoms with E-state index in [0.717, 1.165) is 38.4 Å². The van der Waals surface area contributed by atoms with Gasteiger partial charge >= 0.3 is 0 Å². The average Bonchev–Trinajstić information content (AvgIpc) is 2.23. The maximum Gasteiger partial charge on any atom is 0.0594 e. The third-order valence-electron chi connectivity index (χ3n) is 2.53. The van der Waals surface area contributed by atoms with Crippen molar-refractivity contribution in [3.63, 3.8) is 0 Å². The van der Waals surface area contributed by atoms with Gasteiger partial charge in [0.15, 0.2) is 0 Å². The van der Waals surface area contributed by atoms with Crippen molar-refractivity contribution in [1.29, 1.82) is 0 Å². The quantitative estimate of drug-likeness (QED) is 0.704. The van der Waals surface area contributed by atoms with E-state index in [1.54, 1.807) is 0 Å². The molecule has 2 rings (SSSR count). The van der Waals surface area contributed by atoms with Crippen LogP contribution in [-0.4, -0.2) is 31.2 Å². The number of hydrogen-bond acceptors (Lipinski definition) is 2. The standard InChI is InChI=1S/C12H16NO/c1-11-2-4-12(5-3-11)10-13-6-8-14-9-7-13/h2-5H,1,6-10H2. The van der Waals surface area contributed by atoms with Crippen LogP contribution in [0.25, 0.3) is 0 Å². The zero-order valence-corrected chi connectivity index (χ0v) is 8.41. The van der Waals surface area contributed by atoms with Crippen molar-refractivity contribution in [2.45, 2.75) is 6.54 Å². The highest BCUT2D eigenvalue weighted by Crippen LogP contribution is 2.08. The van der Waals surface area contributed by atoms with Gasteiger partial charge in [-0.15, -0.1) is 0 Å². The summed E-state index contributed by atoms with van der Waals surface area (Å²) in [5.74, 6) is 0. The van der Waals surface area contributed by atoms with Gasteiger partial charge in [-0.1, -0.05) is 24.3 Å². The summed E-state index contributed by atoms with van der Waals surface area (Å²) in [6.45, 7) is 8.74. The van der Waals surface area contributed by atoms with Crippen molar-refractivity contribution in [3.8, 4) is 0 Å². The molecular formula is C12H16NO. The van der Waals surface area contributed by atoms with E-state index in [-0.39, 0.29) is 0 Å². The molecule has 0 N–H and O–H groups in total. The zero-order valence-electron chi connectivity index (χ0n) is 8.41. The molecule has 1 heterocycles. The van der Waals surface area contributed by atoms with E-state index in [2.05, 4.69) is 36.1 Å². The average molecular weight is 190 g/mol. The second-order valence-electron chi connectivity index (χ2n) is 3.71. The Morgan fingerprint density at radius 3 is 2.43 bits per heavy atom. The van der Waals surface area contributed by atoms with Crippen LogP contribution in [0.5, 0.6) is 0 Å². The van der Waals surface area contributed by atoms with E-state index in [0.29, 0.717) is 0 Å². The summed E-state index contributed by atoms with van der Waals surface area (Å²) in [6, 6.07) is 8.43. The second-order valence-corrected chi connectivity index (χ2v) is 3.71. The predicted octanol–water partition coefficient (Wildman–Crippen LogP) is 1.70. The van der Waals surface area contributed by atoms with Crippen molar-refractivity contribution in [2.24, 2.45) is 0 Å². The topological polar surface area (TPSA) is 12.5 Å². The van der Waals surface area contributed by atoms with Gasteiger partial charge in [-0.25, -0.2) is 0 Å². The fourth-order valence-corrected chi connectivity index (χ4v) is 1.66. The van der Waals surface area contributed by atoms with Crippen molar-refractivity contribution in [1.82, 2.24) is 4.90 Å². The molecule has 0 amide bonds. The van der Waals surface area contributed by atoms with Crippen LogP contribution in [0.15, 0.2) is 24.3 Å². The molecule has 1 aromatic rings. The van der Waals surface area contributed by atoms with Gasteiger partial charge in [0, 0.05) is 19.6 Å². The fraction of sp³-hybridized carbons (Fsp3) is 0.417. The number of nitrogens with zero attached hydrogens (tertiary/aromatic N) is 1. The highest BCUT2D eigenvalue weighted by molar-refractivity contribution is 5.24. The van der Waals surface area contributed by atoms with Crippen LogP contribution in [0.4, 0.5) is 0 Å². The first-order valence-corrected chi connectivity index (χ1v) is 5.05. The number of benzene rings is 1. The van der Waals surface area contributed by atoms with Gasteiger partial charge in [0.05, 0.1) is 13.2 Å². The highest BCUT2D eigenvalue weighted by Gasteiger charge is 2.09. The molecule has 0 aliphatic carbocycles. The normalized spacial score (nSPS) is 18.4. The van der Waals surface area contributed by atoms with Crippen molar-refractivity contribution in [3.05, 3.63) is 42.3 Å². The van der Waals surface area contributed by atoms with Gasteiger partial charge in [-0.05, 0) is 18.1 Å². The Kier molecular flexibility index (Phi) is 3.17. The minimum atomic E-state index is 0.868. The molecule has 0 bridgehead atoms. The van der Waals surface area contributed by atoms with Gasteiger partial charge in [-0.2, -0.15) is 0 Å². The summed E-state index contributed by atoms with van der Waals surface area (Å²) in [4.78, 5) is 2.42. The highest BCUT2D eigenvalue weighted by atomic mass is 16.5. The predicted molar refractivity (Wildman–Crippen MR) is 57.0 cm³/mol. The smallest absolute Gasteiger partial charge is 0.0594 e. The molecule has 1 radical (unpaired) electrons. The summed E-state index contributed by atoms with van der Waals surface area (Å²) in [5.41, 5.74) is 2.44. The summed E-state index contributed by atoms with van der Waals surface area (Å²) < 4.78 is 5.30. The Morgan fingerprint density at radius 2 is 1.79 bits per heavy atom. The van der Waals surface area contributed by atoms with Gasteiger partial charge in [-0.3, -0.25) is 4.90 Å². The van der Waals surface area contributed by atoms with Crippen molar-refractivity contribution >= 4 is 0 Å². The molecule has 1 fully saturated rings. The van der Waals surface area contributed by atoms with Gasteiger partial charge in [0.2, 0.25) is 0 Å². The third-order valence-corrected chi connectivity index (χ3v) is 2.53. The van der Waals surface area contributed by atoms with Crippen molar-refractivity contribution in [2.75, 3.05) is 26.3 Å². The monoisotopic (exact) mass is 190 g/mol. The number of morpholine rings is 1. The zero-order chi connectivity index (χ0) is 9.80.